The van der Waals surface area contributed by atoms with E-state index in [0.717, 1.165) is 12.8 Å². The average Bonchev–Trinajstić information content (AvgIpc) is 2.71. The van der Waals surface area contributed by atoms with Crippen LogP contribution in [0.5, 0.6) is 0 Å². The Bertz CT molecular complexity index is 1130. The zero-order valence-corrected chi connectivity index (χ0v) is 16.5. The molecule has 1 fully saturated rings. The fourth-order valence-corrected chi connectivity index (χ4v) is 3.69. The molecule has 3 heterocycles. The summed E-state index contributed by atoms with van der Waals surface area (Å²) >= 11 is 6.18. The van der Waals surface area contributed by atoms with Crippen molar-refractivity contribution in [1.82, 2.24) is 14.5 Å². The van der Waals surface area contributed by atoms with E-state index in [1.54, 1.807) is 24.3 Å². The Labute approximate surface area is 174 Å². The summed E-state index contributed by atoms with van der Waals surface area (Å²) in [7, 11) is 0. The van der Waals surface area contributed by atoms with E-state index in [-0.39, 0.29) is 28.2 Å². The number of benzene rings is 1. The standard InChI is InChI=1S/C20H18ClF3N4O2/c21-16-4-2-1-3-14(16)15-9-12-10-25-19(26-13-5-7-30-8-6-13)27-17(12)28(18(15)29)11-20(22,23)24/h1-4,9-10,13H,5-8,11H2,(H,25,26,27). The van der Waals surface area contributed by atoms with Crippen LogP contribution in [-0.4, -0.2) is 40.0 Å². The molecule has 3 aromatic rings. The van der Waals surface area contributed by atoms with Gasteiger partial charge in [-0.15, -0.1) is 0 Å². The fourth-order valence-electron chi connectivity index (χ4n) is 3.45. The Morgan fingerprint density at radius 3 is 2.63 bits per heavy atom. The number of aromatic nitrogens is 3. The molecule has 1 saturated heterocycles. The van der Waals surface area contributed by atoms with E-state index in [1.165, 1.54) is 12.3 Å². The molecule has 0 spiro atoms. The molecular formula is C20H18ClF3N4O2. The van der Waals surface area contributed by atoms with Gasteiger partial charge in [-0.3, -0.25) is 9.36 Å². The molecule has 0 unspecified atom stereocenters. The van der Waals surface area contributed by atoms with Gasteiger partial charge in [0.15, 0.2) is 0 Å². The number of alkyl halides is 3. The first-order valence-corrected chi connectivity index (χ1v) is 9.76. The number of nitrogens with zero attached hydrogens (tertiary/aromatic N) is 3. The van der Waals surface area contributed by atoms with Crippen molar-refractivity contribution in [3.05, 3.63) is 51.9 Å². The number of anilines is 1. The first-order chi connectivity index (χ1) is 14.3. The van der Waals surface area contributed by atoms with Crippen molar-refractivity contribution in [2.45, 2.75) is 31.6 Å². The number of hydrogen-bond acceptors (Lipinski definition) is 5. The van der Waals surface area contributed by atoms with Crippen LogP contribution >= 0.6 is 11.6 Å². The number of hydrogen-bond donors (Lipinski definition) is 1. The fraction of sp³-hybridized carbons (Fsp3) is 0.350. The molecule has 30 heavy (non-hydrogen) atoms. The van der Waals surface area contributed by atoms with E-state index >= 15 is 0 Å². The number of nitrogens with one attached hydrogen (secondary N) is 1. The van der Waals surface area contributed by atoms with Gasteiger partial charge in [-0.1, -0.05) is 29.8 Å². The van der Waals surface area contributed by atoms with Crippen LogP contribution in [0.4, 0.5) is 19.1 Å². The Balaban J connectivity index is 1.85. The van der Waals surface area contributed by atoms with E-state index < -0.39 is 18.3 Å². The highest BCUT2D eigenvalue weighted by Gasteiger charge is 2.30. The zero-order chi connectivity index (χ0) is 21.3. The minimum absolute atomic E-state index is 0.0568. The van der Waals surface area contributed by atoms with Gasteiger partial charge in [-0.05, 0) is 25.0 Å². The molecule has 1 N–H and O–H groups in total. The summed E-state index contributed by atoms with van der Waals surface area (Å²) in [5, 5.41) is 3.70. The van der Waals surface area contributed by atoms with Gasteiger partial charge in [-0.25, -0.2) is 4.98 Å². The second-order valence-electron chi connectivity index (χ2n) is 7.05. The number of ether oxygens (including phenoxy) is 1. The van der Waals surface area contributed by atoms with Crippen molar-refractivity contribution < 1.29 is 17.9 Å². The molecular weight excluding hydrogens is 421 g/mol. The van der Waals surface area contributed by atoms with Crippen LogP contribution in [0, 0.1) is 0 Å². The molecule has 0 saturated carbocycles. The maximum Gasteiger partial charge on any atom is 0.406 e. The Morgan fingerprint density at radius 1 is 1.20 bits per heavy atom. The molecule has 0 bridgehead atoms. The molecule has 0 aliphatic carbocycles. The third-order valence-electron chi connectivity index (χ3n) is 4.88. The van der Waals surface area contributed by atoms with Crippen LogP contribution < -0.4 is 10.9 Å². The minimum Gasteiger partial charge on any atom is -0.381 e. The summed E-state index contributed by atoms with van der Waals surface area (Å²) in [6.07, 6.45) is -1.71. The van der Waals surface area contributed by atoms with Crippen LogP contribution in [-0.2, 0) is 11.3 Å². The smallest absolute Gasteiger partial charge is 0.381 e. The molecule has 158 valence electrons. The summed E-state index contributed by atoms with van der Waals surface area (Å²) in [6, 6.07) is 8.04. The Morgan fingerprint density at radius 2 is 1.93 bits per heavy atom. The molecule has 2 aromatic heterocycles. The number of rotatable bonds is 4. The van der Waals surface area contributed by atoms with E-state index in [0.29, 0.717) is 28.7 Å². The highest BCUT2D eigenvalue weighted by Crippen LogP contribution is 2.28. The Kier molecular flexibility index (Phi) is 5.66. The van der Waals surface area contributed by atoms with E-state index in [2.05, 4.69) is 15.3 Å². The third-order valence-corrected chi connectivity index (χ3v) is 5.21. The van der Waals surface area contributed by atoms with Crippen molar-refractivity contribution >= 4 is 28.6 Å². The average molecular weight is 439 g/mol. The quantitative estimate of drug-likeness (QED) is 0.659. The van der Waals surface area contributed by atoms with Crippen molar-refractivity contribution in [3.8, 4) is 11.1 Å². The second kappa shape index (κ2) is 8.23. The van der Waals surface area contributed by atoms with Crippen LogP contribution in [0.2, 0.25) is 5.02 Å². The Hall–Kier alpha value is -2.65. The van der Waals surface area contributed by atoms with E-state index in [4.69, 9.17) is 16.3 Å². The molecule has 0 amide bonds. The lowest BCUT2D eigenvalue weighted by Crippen LogP contribution is -2.31. The lowest BCUT2D eigenvalue weighted by Gasteiger charge is -2.23. The summed E-state index contributed by atoms with van der Waals surface area (Å²) in [4.78, 5) is 21.5. The monoisotopic (exact) mass is 438 g/mol. The molecule has 1 aromatic carbocycles. The van der Waals surface area contributed by atoms with Gasteiger partial charge in [0.25, 0.3) is 5.56 Å². The zero-order valence-electron chi connectivity index (χ0n) is 15.7. The lowest BCUT2D eigenvalue weighted by molar-refractivity contribution is -0.140. The van der Waals surface area contributed by atoms with Crippen LogP contribution in [0.15, 0.2) is 41.3 Å². The molecule has 0 atom stereocenters. The van der Waals surface area contributed by atoms with Crippen molar-refractivity contribution in [3.63, 3.8) is 0 Å². The number of fused-ring (bicyclic) bond motifs is 1. The predicted octanol–water partition coefficient (Wildman–Crippen LogP) is 4.27. The normalized spacial score (nSPS) is 15.5. The maximum atomic E-state index is 13.3. The number of halogens is 4. The first-order valence-electron chi connectivity index (χ1n) is 9.38. The highest BCUT2D eigenvalue weighted by molar-refractivity contribution is 6.33. The van der Waals surface area contributed by atoms with Crippen LogP contribution in [0.25, 0.3) is 22.2 Å². The van der Waals surface area contributed by atoms with Crippen molar-refractivity contribution in [1.29, 1.82) is 0 Å². The van der Waals surface area contributed by atoms with Gasteiger partial charge >= 0.3 is 6.18 Å². The molecule has 0 radical (unpaired) electrons. The molecule has 1 aliphatic rings. The largest absolute Gasteiger partial charge is 0.406 e. The third kappa shape index (κ3) is 4.41. The predicted molar refractivity (Wildman–Crippen MR) is 108 cm³/mol. The summed E-state index contributed by atoms with van der Waals surface area (Å²) in [5.74, 6) is 0.176. The topological polar surface area (TPSA) is 69.0 Å². The van der Waals surface area contributed by atoms with Crippen molar-refractivity contribution in [2.75, 3.05) is 18.5 Å². The van der Waals surface area contributed by atoms with Gasteiger partial charge in [0.2, 0.25) is 5.95 Å². The van der Waals surface area contributed by atoms with E-state index in [9.17, 15) is 18.0 Å². The highest BCUT2D eigenvalue weighted by atomic mass is 35.5. The SMILES string of the molecule is O=c1c(-c2ccccc2Cl)cc2cnc(NC3CCOCC3)nc2n1CC(F)(F)F. The molecule has 6 nitrogen and oxygen atoms in total. The maximum absolute atomic E-state index is 13.3. The number of pyridine rings is 1. The molecule has 1 aliphatic heterocycles. The second-order valence-corrected chi connectivity index (χ2v) is 7.46. The lowest BCUT2D eigenvalue weighted by atomic mass is 10.1. The summed E-state index contributed by atoms with van der Waals surface area (Å²) in [5.41, 5.74) is -0.487. The van der Waals surface area contributed by atoms with Crippen LogP contribution in [0.1, 0.15) is 12.8 Å². The summed E-state index contributed by atoms with van der Waals surface area (Å²) in [6.45, 7) is -0.287. The van der Waals surface area contributed by atoms with Gasteiger partial charge in [-0.2, -0.15) is 18.2 Å². The molecule has 4 rings (SSSR count). The summed E-state index contributed by atoms with van der Waals surface area (Å²) < 4.78 is 45.8. The van der Waals surface area contributed by atoms with Gasteiger partial charge in [0, 0.05) is 47.0 Å². The van der Waals surface area contributed by atoms with Gasteiger partial charge in [0.1, 0.15) is 12.2 Å². The van der Waals surface area contributed by atoms with Crippen LogP contribution in [0.3, 0.4) is 0 Å². The minimum atomic E-state index is -4.60. The first kappa shape index (κ1) is 20.6. The van der Waals surface area contributed by atoms with Crippen molar-refractivity contribution in [2.24, 2.45) is 0 Å². The van der Waals surface area contributed by atoms with Gasteiger partial charge < -0.3 is 10.1 Å². The van der Waals surface area contributed by atoms with Gasteiger partial charge in [0.05, 0.1) is 0 Å². The molecule has 10 heteroatoms. The van der Waals surface area contributed by atoms with E-state index in [1.807, 2.05) is 0 Å².